The van der Waals surface area contributed by atoms with Gasteiger partial charge in [-0.15, -0.1) is 0 Å². The third-order valence-electron chi connectivity index (χ3n) is 2.45. The molecule has 1 rings (SSSR count). The Hall–Kier alpha value is -0.560. The van der Waals surface area contributed by atoms with Crippen LogP contribution in [0.15, 0.2) is 24.3 Å². The van der Waals surface area contributed by atoms with Gasteiger partial charge in [0, 0.05) is 0 Å². The Morgan fingerprint density at radius 3 is 2.67 bits per heavy atom. The van der Waals surface area contributed by atoms with Crippen molar-refractivity contribution in [3.8, 4) is 0 Å². The zero-order chi connectivity index (χ0) is 8.97. The molecule has 0 fully saturated rings. The Bertz CT molecular complexity index is 179. The van der Waals surface area contributed by atoms with Gasteiger partial charge in [0.25, 0.3) is 0 Å². The minimum absolute atomic E-state index is 0.303. The first-order valence-electron chi connectivity index (χ1n) is 4.71. The third kappa shape index (κ3) is 2.82. The minimum Gasteiger partial charge on any atom is -0.389 e. The molecule has 0 aromatic rings. The summed E-state index contributed by atoms with van der Waals surface area (Å²) in [5.74, 6) is 1.36. The van der Waals surface area contributed by atoms with E-state index in [1.54, 1.807) is 6.92 Å². The van der Waals surface area contributed by atoms with Crippen molar-refractivity contribution >= 4 is 0 Å². The van der Waals surface area contributed by atoms with Crippen molar-refractivity contribution in [2.24, 2.45) is 11.8 Å². The molecule has 1 aliphatic rings. The Labute approximate surface area is 74.8 Å². The van der Waals surface area contributed by atoms with E-state index in [-0.39, 0.29) is 6.10 Å². The van der Waals surface area contributed by atoms with Crippen molar-refractivity contribution in [1.82, 2.24) is 0 Å². The Balaban J connectivity index is 2.46. The van der Waals surface area contributed by atoms with Gasteiger partial charge in [-0.25, -0.2) is 0 Å². The molecule has 0 radical (unpaired) electrons. The fraction of sp³-hybridized carbons (Fsp3) is 0.636. The molecule has 1 heteroatoms. The van der Waals surface area contributed by atoms with Crippen LogP contribution in [-0.2, 0) is 0 Å². The van der Waals surface area contributed by atoms with E-state index in [2.05, 4.69) is 25.2 Å². The van der Waals surface area contributed by atoms with Crippen LogP contribution in [-0.4, -0.2) is 11.2 Å². The van der Waals surface area contributed by atoms with Gasteiger partial charge in [0.2, 0.25) is 0 Å². The first kappa shape index (κ1) is 9.53. The first-order valence-corrected chi connectivity index (χ1v) is 4.71. The summed E-state index contributed by atoms with van der Waals surface area (Å²) >= 11 is 0. The lowest BCUT2D eigenvalue weighted by atomic mass is 9.84. The molecule has 1 N–H and O–H groups in total. The molecule has 0 saturated carbocycles. The van der Waals surface area contributed by atoms with Crippen LogP contribution in [0.4, 0.5) is 0 Å². The van der Waals surface area contributed by atoms with Crippen molar-refractivity contribution < 1.29 is 5.11 Å². The molecule has 0 spiro atoms. The second kappa shape index (κ2) is 4.46. The topological polar surface area (TPSA) is 20.2 Å². The summed E-state index contributed by atoms with van der Waals surface area (Å²) in [6, 6.07) is 0. The van der Waals surface area contributed by atoms with Gasteiger partial charge in [-0.1, -0.05) is 31.2 Å². The lowest BCUT2D eigenvalue weighted by Crippen LogP contribution is -2.11. The fourth-order valence-corrected chi connectivity index (χ4v) is 1.54. The van der Waals surface area contributed by atoms with Crippen molar-refractivity contribution in [2.45, 2.75) is 32.8 Å². The summed E-state index contributed by atoms with van der Waals surface area (Å²) in [5.41, 5.74) is 0. The minimum atomic E-state index is -0.303. The number of aliphatic hydroxyl groups excluding tert-OH is 1. The summed E-state index contributed by atoms with van der Waals surface area (Å²) in [7, 11) is 0. The zero-order valence-corrected chi connectivity index (χ0v) is 7.90. The predicted octanol–water partition coefficient (Wildman–Crippen LogP) is 2.53. The molecule has 0 bridgehead atoms. The van der Waals surface area contributed by atoms with E-state index in [0.717, 1.165) is 12.3 Å². The highest BCUT2D eigenvalue weighted by molar-refractivity contribution is 5.02. The Kier molecular flexibility index (Phi) is 3.54. The number of rotatable bonds is 2. The Morgan fingerprint density at radius 2 is 2.08 bits per heavy atom. The van der Waals surface area contributed by atoms with Gasteiger partial charge in [0.15, 0.2) is 0 Å². The van der Waals surface area contributed by atoms with E-state index < -0.39 is 0 Å². The van der Waals surface area contributed by atoms with Gasteiger partial charge in [0.1, 0.15) is 0 Å². The standard InChI is InChI=1S/C11H18O/c1-9-5-3-4-6-11(9)8-7-10(2)12/h3-4,7-12H,5-6H2,1-2H3/b8-7+. The molecule has 3 atom stereocenters. The summed E-state index contributed by atoms with van der Waals surface area (Å²) < 4.78 is 0. The number of hydrogen-bond acceptors (Lipinski definition) is 1. The predicted molar refractivity (Wildman–Crippen MR) is 51.8 cm³/mol. The van der Waals surface area contributed by atoms with E-state index in [1.165, 1.54) is 6.42 Å². The molecule has 0 aliphatic heterocycles. The lowest BCUT2D eigenvalue weighted by Gasteiger charge is -2.21. The van der Waals surface area contributed by atoms with E-state index in [0.29, 0.717) is 5.92 Å². The molecule has 3 unspecified atom stereocenters. The summed E-state index contributed by atoms with van der Waals surface area (Å²) in [6.45, 7) is 4.06. The SMILES string of the molecule is CC(O)/C=C/C1CC=CCC1C. The molecule has 0 amide bonds. The second-order valence-electron chi connectivity index (χ2n) is 3.71. The van der Waals surface area contributed by atoms with Gasteiger partial charge in [0.05, 0.1) is 6.10 Å². The second-order valence-corrected chi connectivity index (χ2v) is 3.71. The van der Waals surface area contributed by atoms with Crippen LogP contribution in [0, 0.1) is 11.8 Å². The van der Waals surface area contributed by atoms with Crippen LogP contribution in [0.5, 0.6) is 0 Å². The van der Waals surface area contributed by atoms with Gasteiger partial charge >= 0.3 is 0 Å². The summed E-state index contributed by atoms with van der Waals surface area (Å²) in [6.07, 6.45) is 10.5. The fourth-order valence-electron chi connectivity index (χ4n) is 1.54. The van der Waals surface area contributed by atoms with Crippen LogP contribution in [0.25, 0.3) is 0 Å². The molecule has 0 heterocycles. The van der Waals surface area contributed by atoms with Crippen molar-refractivity contribution in [1.29, 1.82) is 0 Å². The molecule has 0 saturated heterocycles. The van der Waals surface area contributed by atoms with Crippen LogP contribution in [0.2, 0.25) is 0 Å². The van der Waals surface area contributed by atoms with Crippen LogP contribution >= 0.6 is 0 Å². The molecular weight excluding hydrogens is 148 g/mol. The molecule has 0 aromatic carbocycles. The average Bonchev–Trinajstić information content (AvgIpc) is 2.03. The van der Waals surface area contributed by atoms with Gasteiger partial charge in [-0.2, -0.15) is 0 Å². The van der Waals surface area contributed by atoms with Gasteiger partial charge in [-0.3, -0.25) is 0 Å². The normalized spacial score (nSPS) is 32.6. The molecule has 0 aromatic heterocycles. The highest BCUT2D eigenvalue weighted by Crippen LogP contribution is 2.25. The lowest BCUT2D eigenvalue weighted by molar-refractivity contribution is 0.242. The smallest absolute Gasteiger partial charge is 0.0692 e. The van der Waals surface area contributed by atoms with E-state index in [9.17, 15) is 0 Å². The Morgan fingerprint density at radius 1 is 1.42 bits per heavy atom. The van der Waals surface area contributed by atoms with E-state index in [4.69, 9.17) is 5.11 Å². The van der Waals surface area contributed by atoms with Crippen molar-refractivity contribution in [3.05, 3.63) is 24.3 Å². The largest absolute Gasteiger partial charge is 0.389 e. The van der Waals surface area contributed by atoms with Gasteiger partial charge < -0.3 is 5.11 Å². The molecule has 1 nitrogen and oxygen atoms in total. The van der Waals surface area contributed by atoms with Gasteiger partial charge in [-0.05, 0) is 31.6 Å². The van der Waals surface area contributed by atoms with Crippen LogP contribution in [0.3, 0.4) is 0 Å². The van der Waals surface area contributed by atoms with Crippen molar-refractivity contribution in [2.75, 3.05) is 0 Å². The zero-order valence-electron chi connectivity index (χ0n) is 7.90. The van der Waals surface area contributed by atoms with E-state index >= 15 is 0 Å². The quantitative estimate of drug-likeness (QED) is 0.625. The highest BCUT2D eigenvalue weighted by atomic mass is 16.3. The summed E-state index contributed by atoms with van der Waals surface area (Å²) in [4.78, 5) is 0. The molecular formula is C11H18O. The third-order valence-corrected chi connectivity index (χ3v) is 2.45. The first-order chi connectivity index (χ1) is 5.70. The number of hydrogen-bond donors (Lipinski definition) is 1. The van der Waals surface area contributed by atoms with E-state index in [1.807, 2.05) is 6.08 Å². The summed E-state index contributed by atoms with van der Waals surface area (Å²) in [5, 5.41) is 9.06. The molecule has 12 heavy (non-hydrogen) atoms. The average molecular weight is 166 g/mol. The highest BCUT2D eigenvalue weighted by Gasteiger charge is 2.14. The van der Waals surface area contributed by atoms with Crippen molar-refractivity contribution in [3.63, 3.8) is 0 Å². The monoisotopic (exact) mass is 166 g/mol. The maximum absolute atomic E-state index is 9.06. The number of allylic oxidation sites excluding steroid dienone is 3. The maximum atomic E-state index is 9.06. The maximum Gasteiger partial charge on any atom is 0.0692 e. The van der Waals surface area contributed by atoms with Crippen LogP contribution < -0.4 is 0 Å². The molecule has 1 aliphatic carbocycles. The number of aliphatic hydroxyl groups is 1. The van der Waals surface area contributed by atoms with Crippen LogP contribution in [0.1, 0.15) is 26.7 Å². The molecule has 68 valence electrons.